The minimum absolute atomic E-state index is 0.105. The van der Waals surface area contributed by atoms with E-state index in [1.165, 1.54) is 6.26 Å². The van der Waals surface area contributed by atoms with E-state index in [-0.39, 0.29) is 18.4 Å². The van der Waals surface area contributed by atoms with E-state index < -0.39 is 12.1 Å². The van der Waals surface area contributed by atoms with Crippen LogP contribution in [0.5, 0.6) is 0 Å². The Morgan fingerprint density at radius 2 is 2.08 bits per heavy atom. The largest absolute Gasteiger partial charge is 0.467 e. The minimum Gasteiger partial charge on any atom is -0.467 e. The van der Waals surface area contributed by atoms with Crippen LogP contribution in [0.4, 0.5) is 0 Å². The second-order valence-electron chi connectivity index (χ2n) is 5.89. The fourth-order valence-electron chi connectivity index (χ4n) is 2.84. The zero-order chi connectivity index (χ0) is 16.9. The summed E-state index contributed by atoms with van der Waals surface area (Å²) in [6.07, 6.45) is 1.42. The number of hydrogen-bond acceptors (Lipinski definition) is 4. The molecule has 2 heterocycles. The summed E-state index contributed by atoms with van der Waals surface area (Å²) in [6, 6.07) is 12.4. The highest BCUT2D eigenvalue weighted by atomic mass is 16.4. The van der Waals surface area contributed by atoms with Gasteiger partial charge in [-0.15, -0.1) is 0 Å². The van der Waals surface area contributed by atoms with Crippen LogP contribution < -0.4 is 5.32 Å². The van der Waals surface area contributed by atoms with Crippen LogP contribution in [0.3, 0.4) is 0 Å². The van der Waals surface area contributed by atoms with Gasteiger partial charge in [-0.25, -0.2) is 0 Å². The van der Waals surface area contributed by atoms with E-state index in [1.54, 1.807) is 17.0 Å². The normalized spacial score (nSPS) is 18.2. The van der Waals surface area contributed by atoms with Crippen LogP contribution in [0, 0.1) is 0 Å². The Kier molecular flexibility index (Phi) is 4.96. The molecule has 0 aliphatic carbocycles. The number of hydrogen-bond donors (Lipinski definition) is 2. The first-order valence-corrected chi connectivity index (χ1v) is 7.97. The van der Waals surface area contributed by atoms with Gasteiger partial charge in [-0.3, -0.25) is 9.59 Å². The Hall–Kier alpha value is -2.60. The number of carbonyl (C=O) groups excluding carboxylic acids is 2. The van der Waals surface area contributed by atoms with Crippen LogP contribution in [0.2, 0.25) is 0 Å². The number of carbonyl (C=O) groups is 2. The summed E-state index contributed by atoms with van der Waals surface area (Å²) in [7, 11) is 0. The van der Waals surface area contributed by atoms with Crippen molar-refractivity contribution in [2.75, 3.05) is 6.54 Å². The molecule has 2 aromatic rings. The molecule has 1 saturated heterocycles. The van der Waals surface area contributed by atoms with Crippen LogP contribution in [0.1, 0.15) is 30.3 Å². The summed E-state index contributed by atoms with van der Waals surface area (Å²) in [5, 5.41) is 13.0. The number of benzene rings is 1. The summed E-state index contributed by atoms with van der Waals surface area (Å²) >= 11 is 0. The van der Waals surface area contributed by atoms with E-state index in [4.69, 9.17) is 4.42 Å². The Bertz CT molecular complexity index is 684. The lowest BCUT2D eigenvalue weighted by atomic mass is 10.1. The zero-order valence-corrected chi connectivity index (χ0v) is 13.2. The molecule has 1 fully saturated rings. The van der Waals surface area contributed by atoms with Crippen molar-refractivity contribution in [1.82, 2.24) is 10.2 Å². The fraction of sp³-hybridized carbons (Fsp3) is 0.333. The van der Waals surface area contributed by atoms with E-state index in [2.05, 4.69) is 5.32 Å². The van der Waals surface area contributed by atoms with Crippen LogP contribution in [-0.2, 0) is 16.1 Å². The highest BCUT2D eigenvalue weighted by Gasteiger charge is 2.32. The number of nitrogens with one attached hydrogen (secondary N) is 1. The lowest BCUT2D eigenvalue weighted by Gasteiger charge is -2.27. The maximum Gasteiger partial charge on any atom is 0.245 e. The van der Waals surface area contributed by atoms with Gasteiger partial charge in [-0.05, 0) is 24.1 Å². The van der Waals surface area contributed by atoms with Gasteiger partial charge in [0, 0.05) is 13.0 Å². The lowest BCUT2D eigenvalue weighted by molar-refractivity contribution is -0.136. The summed E-state index contributed by atoms with van der Waals surface area (Å²) < 4.78 is 5.21. The lowest BCUT2D eigenvalue weighted by Crippen LogP contribution is -2.45. The molecule has 0 spiro atoms. The molecule has 0 bridgehead atoms. The monoisotopic (exact) mass is 328 g/mol. The summed E-state index contributed by atoms with van der Waals surface area (Å²) in [4.78, 5) is 25.7. The van der Waals surface area contributed by atoms with E-state index in [1.807, 2.05) is 30.3 Å². The molecule has 1 aliphatic rings. The van der Waals surface area contributed by atoms with Gasteiger partial charge in [0.2, 0.25) is 11.8 Å². The second kappa shape index (κ2) is 7.31. The molecule has 6 nitrogen and oxygen atoms in total. The summed E-state index contributed by atoms with van der Waals surface area (Å²) in [6.45, 7) is 0.470. The molecule has 3 rings (SSSR count). The fourth-order valence-corrected chi connectivity index (χ4v) is 2.84. The summed E-state index contributed by atoms with van der Waals surface area (Å²) in [5.74, 6) is 0.117. The van der Waals surface area contributed by atoms with Gasteiger partial charge in [-0.1, -0.05) is 30.3 Å². The van der Waals surface area contributed by atoms with Gasteiger partial charge < -0.3 is 19.7 Å². The molecule has 2 atom stereocenters. The SMILES string of the molecule is O=C1CC[C@H](C(=O)N(Cc2ccccc2)C[C@@H](O)c2ccco2)N1. The first kappa shape index (κ1) is 16.3. The van der Waals surface area contributed by atoms with Crippen molar-refractivity contribution in [2.45, 2.75) is 31.5 Å². The molecule has 6 heteroatoms. The number of amides is 2. The average Bonchev–Trinajstić information content (AvgIpc) is 3.26. The van der Waals surface area contributed by atoms with E-state index in [0.29, 0.717) is 25.1 Å². The molecule has 2 N–H and O–H groups in total. The molecular weight excluding hydrogens is 308 g/mol. The molecule has 1 aromatic carbocycles. The predicted molar refractivity (Wildman–Crippen MR) is 86.7 cm³/mol. The third-order valence-corrected chi connectivity index (χ3v) is 4.09. The predicted octanol–water partition coefficient (Wildman–Crippen LogP) is 1.62. The first-order chi connectivity index (χ1) is 11.6. The Morgan fingerprint density at radius 3 is 2.71 bits per heavy atom. The maximum atomic E-state index is 12.8. The van der Waals surface area contributed by atoms with E-state index in [9.17, 15) is 14.7 Å². The first-order valence-electron chi connectivity index (χ1n) is 7.97. The Balaban J connectivity index is 1.75. The number of nitrogens with zero attached hydrogens (tertiary/aromatic N) is 1. The van der Waals surface area contributed by atoms with Crippen molar-refractivity contribution in [3.63, 3.8) is 0 Å². The number of aliphatic hydroxyl groups excluding tert-OH is 1. The molecule has 1 aliphatic heterocycles. The molecule has 0 radical (unpaired) electrons. The molecule has 1 aromatic heterocycles. The highest BCUT2D eigenvalue weighted by molar-refractivity contribution is 5.90. The van der Waals surface area contributed by atoms with Crippen molar-refractivity contribution in [3.05, 3.63) is 60.1 Å². The van der Waals surface area contributed by atoms with Gasteiger partial charge >= 0.3 is 0 Å². The van der Waals surface area contributed by atoms with Gasteiger partial charge in [0.25, 0.3) is 0 Å². The quantitative estimate of drug-likeness (QED) is 0.844. The molecule has 2 amide bonds. The molecule has 24 heavy (non-hydrogen) atoms. The molecular formula is C18H20N2O4. The average molecular weight is 328 g/mol. The van der Waals surface area contributed by atoms with Crippen LogP contribution in [0.25, 0.3) is 0 Å². The van der Waals surface area contributed by atoms with E-state index >= 15 is 0 Å². The number of rotatable bonds is 6. The van der Waals surface area contributed by atoms with Crippen molar-refractivity contribution in [1.29, 1.82) is 0 Å². The smallest absolute Gasteiger partial charge is 0.245 e. The summed E-state index contributed by atoms with van der Waals surface area (Å²) in [5.41, 5.74) is 0.960. The highest BCUT2D eigenvalue weighted by Crippen LogP contribution is 2.19. The van der Waals surface area contributed by atoms with Gasteiger partial charge in [0.15, 0.2) is 0 Å². The van der Waals surface area contributed by atoms with Gasteiger partial charge in [0.1, 0.15) is 17.9 Å². The zero-order valence-electron chi connectivity index (χ0n) is 13.2. The van der Waals surface area contributed by atoms with Crippen molar-refractivity contribution in [2.24, 2.45) is 0 Å². The van der Waals surface area contributed by atoms with Crippen LogP contribution in [-0.4, -0.2) is 34.4 Å². The number of aliphatic hydroxyl groups is 1. The number of furan rings is 1. The van der Waals surface area contributed by atoms with Gasteiger partial charge in [0.05, 0.1) is 12.8 Å². The minimum atomic E-state index is -0.912. The molecule has 126 valence electrons. The maximum absolute atomic E-state index is 12.8. The van der Waals surface area contributed by atoms with Crippen molar-refractivity contribution < 1.29 is 19.1 Å². The van der Waals surface area contributed by atoms with Crippen molar-refractivity contribution in [3.8, 4) is 0 Å². The van der Waals surface area contributed by atoms with E-state index in [0.717, 1.165) is 5.56 Å². The Morgan fingerprint density at radius 1 is 1.29 bits per heavy atom. The van der Waals surface area contributed by atoms with Crippen LogP contribution >= 0.6 is 0 Å². The third kappa shape index (κ3) is 3.83. The third-order valence-electron chi connectivity index (χ3n) is 4.09. The molecule has 0 saturated carbocycles. The standard InChI is InChI=1S/C18H20N2O4/c21-15(16-7-4-10-24-16)12-20(11-13-5-2-1-3-6-13)18(23)14-8-9-17(22)19-14/h1-7,10,14-15,21H,8-9,11-12H2,(H,19,22)/t14-,15-/m1/s1. The Labute approximate surface area is 140 Å². The van der Waals surface area contributed by atoms with Gasteiger partial charge in [-0.2, -0.15) is 0 Å². The van der Waals surface area contributed by atoms with Crippen molar-refractivity contribution >= 4 is 11.8 Å². The molecule has 0 unspecified atom stereocenters. The van der Waals surface area contributed by atoms with Crippen LogP contribution in [0.15, 0.2) is 53.1 Å². The second-order valence-corrected chi connectivity index (χ2v) is 5.89. The topological polar surface area (TPSA) is 82.8 Å².